The van der Waals surface area contributed by atoms with Crippen LogP contribution in [0.5, 0.6) is 0 Å². The van der Waals surface area contributed by atoms with Gasteiger partial charge in [0.15, 0.2) is 0 Å². The van der Waals surface area contributed by atoms with E-state index >= 15 is 0 Å². The van der Waals surface area contributed by atoms with Crippen LogP contribution in [0.4, 0.5) is 5.69 Å². The summed E-state index contributed by atoms with van der Waals surface area (Å²) in [5.41, 5.74) is 3.21. The molecule has 0 aliphatic heterocycles. The highest BCUT2D eigenvalue weighted by molar-refractivity contribution is 6.32. The summed E-state index contributed by atoms with van der Waals surface area (Å²) in [5, 5.41) is 10.8. The number of carbonyl (C=O) groups excluding carboxylic acids is 1. The van der Waals surface area contributed by atoms with Crippen LogP contribution in [0.15, 0.2) is 67.4 Å². The lowest BCUT2D eigenvalue weighted by Crippen LogP contribution is -2.12. The van der Waals surface area contributed by atoms with Crippen LogP contribution in [0.1, 0.15) is 10.4 Å². The summed E-state index contributed by atoms with van der Waals surface area (Å²) in [6, 6.07) is 12.4. The van der Waals surface area contributed by atoms with E-state index in [0.717, 1.165) is 11.3 Å². The summed E-state index contributed by atoms with van der Waals surface area (Å²) >= 11 is 12.3. The van der Waals surface area contributed by atoms with Gasteiger partial charge in [-0.2, -0.15) is 5.10 Å². The summed E-state index contributed by atoms with van der Waals surface area (Å²) in [7, 11) is 0. The van der Waals surface area contributed by atoms with Crippen molar-refractivity contribution in [2.75, 3.05) is 5.32 Å². The number of imidazole rings is 1. The predicted molar refractivity (Wildman–Crippen MR) is 106 cm³/mol. The molecule has 0 radical (unpaired) electrons. The van der Waals surface area contributed by atoms with Crippen molar-refractivity contribution in [3.8, 4) is 16.9 Å². The number of halogens is 2. The molecule has 6 nitrogen and oxygen atoms in total. The molecule has 0 fully saturated rings. The van der Waals surface area contributed by atoms with Crippen molar-refractivity contribution in [1.29, 1.82) is 0 Å². The van der Waals surface area contributed by atoms with Gasteiger partial charge in [-0.25, -0.2) is 4.98 Å². The second kappa shape index (κ2) is 7.26. The maximum Gasteiger partial charge on any atom is 0.259 e. The van der Waals surface area contributed by atoms with E-state index in [1.807, 2.05) is 18.2 Å². The third-order valence-electron chi connectivity index (χ3n) is 4.00. The normalized spacial score (nSPS) is 10.7. The summed E-state index contributed by atoms with van der Waals surface area (Å²) in [5.74, 6) is -0.292. The lowest BCUT2D eigenvalue weighted by Gasteiger charge is -2.09. The number of benzene rings is 2. The minimum atomic E-state index is -0.292. The molecule has 0 saturated heterocycles. The zero-order chi connectivity index (χ0) is 18.8. The highest BCUT2D eigenvalue weighted by atomic mass is 35.5. The summed E-state index contributed by atoms with van der Waals surface area (Å²) in [4.78, 5) is 16.7. The number of hydrogen-bond donors (Lipinski definition) is 2. The quantitative estimate of drug-likeness (QED) is 0.518. The Labute approximate surface area is 164 Å². The molecule has 0 atom stereocenters. The highest BCUT2D eigenvalue weighted by Crippen LogP contribution is 2.26. The molecule has 0 saturated carbocycles. The number of aromatic amines is 1. The Bertz CT molecular complexity index is 1090. The Morgan fingerprint density at radius 2 is 1.93 bits per heavy atom. The van der Waals surface area contributed by atoms with Gasteiger partial charge < -0.3 is 9.88 Å². The van der Waals surface area contributed by atoms with E-state index in [9.17, 15) is 4.79 Å². The van der Waals surface area contributed by atoms with Crippen molar-refractivity contribution in [3.05, 3.63) is 83.0 Å². The molecule has 0 unspecified atom stereocenters. The minimum absolute atomic E-state index is 0.292. The van der Waals surface area contributed by atoms with Crippen molar-refractivity contribution in [1.82, 2.24) is 19.7 Å². The molecule has 4 aromatic rings. The van der Waals surface area contributed by atoms with Gasteiger partial charge in [-0.3, -0.25) is 9.89 Å². The maximum absolute atomic E-state index is 12.7. The number of nitrogens with one attached hydrogen (secondary N) is 2. The van der Waals surface area contributed by atoms with Gasteiger partial charge in [0.25, 0.3) is 5.91 Å². The van der Waals surface area contributed by atoms with Crippen LogP contribution in [0.3, 0.4) is 0 Å². The van der Waals surface area contributed by atoms with Crippen LogP contribution in [0.25, 0.3) is 16.9 Å². The van der Waals surface area contributed by atoms with Gasteiger partial charge in [0.2, 0.25) is 0 Å². The Hall–Kier alpha value is -3.09. The van der Waals surface area contributed by atoms with Crippen molar-refractivity contribution >= 4 is 34.8 Å². The fourth-order valence-corrected chi connectivity index (χ4v) is 3.09. The number of aromatic nitrogens is 4. The second-order valence-corrected chi connectivity index (χ2v) is 6.60. The number of amides is 1. The molecule has 2 aromatic carbocycles. The molecule has 4 rings (SSSR count). The Morgan fingerprint density at radius 1 is 1.11 bits per heavy atom. The smallest absolute Gasteiger partial charge is 0.259 e. The van der Waals surface area contributed by atoms with E-state index < -0.39 is 0 Å². The molecule has 8 heteroatoms. The summed E-state index contributed by atoms with van der Waals surface area (Å²) in [6.45, 7) is 0. The number of hydrogen-bond acceptors (Lipinski definition) is 3. The van der Waals surface area contributed by atoms with E-state index in [-0.39, 0.29) is 5.91 Å². The monoisotopic (exact) mass is 397 g/mol. The molecule has 134 valence electrons. The third kappa shape index (κ3) is 3.58. The van der Waals surface area contributed by atoms with E-state index in [2.05, 4.69) is 20.5 Å². The molecule has 2 aromatic heterocycles. The number of H-pyrrole nitrogens is 1. The van der Waals surface area contributed by atoms with Gasteiger partial charge in [0, 0.05) is 28.7 Å². The molecule has 0 aliphatic rings. The summed E-state index contributed by atoms with van der Waals surface area (Å²) in [6.07, 6.45) is 6.61. The first-order valence-corrected chi connectivity index (χ1v) is 8.76. The van der Waals surface area contributed by atoms with Crippen LogP contribution < -0.4 is 5.32 Å². The molecule has 27 heavy (non-hydrogen) atoms. The first-order valence-electron chi connectivity index (χ1n) is 8.00. The van der Waals surface area contributed by atoms with Crippen molar-refractivity contribution in [3.63, 3.8) is 0 Å². The van der Waals surface area contributed by atoms with Crippen LogP contribution in [0.2, 0.25) is 10.0 Å². The largest absolute Gasteiger partial charge is 0.322 e. The zero-order valence-corrected chi connectivity index (χ0v) is 15.4. The molecule has 1 amide bonds. The number of anilines is 1. The lowest BCUT2D eigenvalue weighted by molar-refractivity contribution is 0.102. The van der Waals surface area contributed by atoms with Crippen LogP contribution in [-0.4, -0.2) is 25.7 Å². The van der Waals surface area contributed by atoms with Gasteiger partial charge in [0.05, 0.1) is 34.5 Å². The average Bonchev–Trinajstić information content (AvgIpc) is 3.34. The van der Waals surface area contributed by atoms with Crippen LogP contribution in [-0.2, 0) is 0 Å². The zero-order valence-electron chi connectivity index (χ0n) is 13.9. The van der Waals surface area contributed by atoms with Gasteiger partial charge in [-0.05, 0) is 30.3 Å². The Morgan fingerprint density at radius 3 is 2.63 bits per heavy atom. The SMILES string of the molecule is O=C(Nc1ccc(-n2ccnc2)c(Cl)c1)c1cn[nH]c1-c1ccc(Cl)cc1. The molecular weight excluding hydrogens is 385 g/mol. The second-order valence-electron chi connectivity index (χ2n) is 5.76. The molecule has 0 bridgehead atoms. The van der Waals surface area contributed by atoms with Gasteiger partial charge >= 0.3 is 0 Å². The molecule has 2 heterocycles. The number of nitrogens with zero attached hydrogens (tertiary/aromatic N) is 3. The first-order chi connectivity index (χ1) is 13.1. The lowest BCUT2D eigenvalue weighted by atomic mass is 10.1. The maximum atomic E-state index is 12.7. The predicted octanol–water partition coefficient (Wildman–Crippen LogP) is 4.82. The average molecular weight is 398 g/mol. The summed E-state index contributed by atoms with van der Waals surface area (Å²) < 4.78 is 1.79. The van der Waals surface area contributed by atoms with Crippen LogP contribution in [0, 0.1) is 0 Å². The number of rotatable bonds is 4. The molecular formula is C19H13Cl2N5O. The van der Waals surface area contributed by atoms with Gasteiger partial charge in [0.1, 0.15) is 0 Å². The van der Waals surface area contributed by atoms with E-state index in [1.54, 1.807) is 47.6 Å². The van der Waals surface area contributed by atoms with Gasteiger partial charge in [-0.1, -0.05) is 35.3 Å². The number of carbonyl (C=O) groups is 1. The molecule has 0 spiro atoms. The standard InChI is InChI=1S/C19H13Cl2N5O/c20-13-3-1-12(2-4-13)18-15(10-23-25-18)19(27)24-14-5-6-17(16(21)9-14)26-8-7-22-11-26/h1-11H,(H,23,25)(H,24,27). The fraction of sp³-hybridized carbons (Fsp3) is 0. The third-order valence-corrected chi connectivity index (χ3v) is 4.56. The molecule has 2 N–H and O–H groups in total. The van der Waals surface area contributed by atoms with E-state index in [0.29, 0.717) is 27.0 Å². The van der Waals surface area contributed by atoms with E-state index in [1.165, 1.54) is 6.20 Å². The topological polar surface area (TPSA) is 75.6 Å². The van der Waals surface area contributed by atoms with Crippen molar-refractivity contribution in [2.45, 2.75) is 0 Å². The van der Waals surface area contributed by atoms with Crippen molar-refractivity contribution < 1.29 is 4.79 Å². The van der Waals surface area contributed by atoms with E-state index in [4.69, 9.17) is 23.2 Å². The Kier molecular flexibility index (Phi) is 4.66. The van der Waals surface area contributed by atoms with Crippen molar-refractivity contribution in [2.24, 2.45) is 0 Å². The fourth-order valence-electron chi connectivity index (χ4n) is 2.69. The minimum Gasteiger partial charge on any atom is -0.322 e. The first kappa shape index (κ1) is 17.3. The highest BCUT2D eigenvalue weighted by Gasteiger charge is 2.16. The molecule has 0 aliphatic carbocycles. The Balaban J connectivity index is 1.58. The van der Waals surface area contributed by atoms with Gasteiger partial charge in [-0.15, -0.1) is 0 Å². The van der Waals surface area contributed by atoms with Crippen LogP contribution >= 0.6 is 23.2 Å².